The van der Waals surface area contributed by atoms with Crippen molar-refractivity contribution in [2.45, 2.75) is 18.8 Å². The average molecular weight is 294 g/mol. The van der Waals surface area contributed by atoms with Crippen LogP contribution in [-0.2, 0) is 17.5 Å². The number of hydrogen-bond donors (Lipinski definition) is 2. The summed E-state index contributed by atoms with van der Waals surface area (Å²) in [7, 11) is 3.17. The second kappa shape index (κ2) is 5.77. The van der Waals surface area contributed by atoms with Crippen LogP contribution in [0.2, 0.25) is 0 Å². The van der Waals surface area contributed by atoms with Crippen molar-refractivity contribution in [1.29, 1.82) is 0 Å². The minimum absolute atomic E-state index is 0.0889. The molecule has 5 nitrogen and oxygen atoms in total. The zero-order chi connectivity index (χ0) is 21.0. The van der Waals surface area contributed by atoms with Gasteiger partial charge in [0.1, 0.15) is 6.61 Å². The maximum Gasteiger partial charge on any atom is 0.407 e. The Bertz CT molecular complexity index is 942. The third-order valence-electron chi connectivity index (χ3n) is 3.10. The molecule has 1 aliphatic heterocycles. The Morgan fingerprint density at radius 3 is 3.10 bits per heavy atom. The minimum atomic E-state index is -2.32. The lowest BCUT2D eigenvalue weighted by Gasteiger charge is -2.09. The minimum Gasteiger partial charge on any atom is -0.447 e. The number of alkyl carbamates (subject to hydrolysis) is 1. The van der Waals surface area contributed by atoms with E-state index in [4.69, 9.17) is 14.3 Å². The van der Waals surface area contributed by atoms with Crippen LogP contribution in [0.5, 0.6) is 0 Å². The van der Waals surface area contributed by atoms with Gasteiger partial charge in [-0.15, -0.1) is 0 Å². The van der Waals surface area contributed by atoms with Crippen molar-refractivity contribution in [3.05, 3.63) is 35.5 Å². The molecule has 0 saturated carbocycles. The molecule has 112 valence electrons. The molecule has 2 N–H and O–H groups in total. The van der Waals surface area contributed by atoms with Crippen LogP contribution in [0.4, 0.5) is 4.79 Å². The van der Waals surface area contributed by atoms with Crippen LogP contribution in [0.25, 0.3) is 10.9 Å². The van der Waals surface area contributed by atoms with Gasteiger partial charge in [0.2, 0.25) is 0 Å². The number of H-pyrrole nitrogens is 1. The normalized spacial score (nSPS) is 24.4. The average Bonchev–Trinajstić information content (AvgIpc) is 3.19. The molecule has 3 rings (SSSR count). The number of benzene rings is 1. The molecule has 0 aliphatic carbocycles. The van der Waals surface area contributed by atoms with Gasteiger partial charge in [-0.1, -0.05) is 6.04 Å². The number of hydrogen-bond acceptors (Lipinski definition) is 3. The van der Waals surface area contributed by atoms with E-state index in [1.165, 1.54) is 11.1 Å². The highest BCUT2D eigenvalue weighted by Crippen LogP contribution is 2.21. The summed E-state index contributed by atoms with van der Waals surface area (Å²) in [5.41, 5.74) is 0.272. The van der Waals surface area contributed by atoms with Crippen molar-refractivity contribution in [1.82, 2.24) is 15.2 Å². The standard InChI is InChI=1S/C16H21N3O2/c1-19(2)6-5-12-9-17-15-4-3-11(8-14(12)15)7-13-10-21-16(20)18-13/h3-4,8-9,13,17H,5-7,10H2,1-2H3,(H,18,20)/t13-/m0/s1/i3D,4D,6D2,7D2,8D. The summed E-state index contributed by atoms with van der Waals surface area (Å²) in [6.45, 7) is -1.98. The molecule has 0 unspecified atom stereocenters. The Morgan fingerprint density at radius 2 is 2.38 bits per heavy atom. The first-order chi connectivity index (χ1) is 12.9. The Balaban J connectivity index is 2.19. The maximum absolute atomic E-state index is 11.3. The van der Waals surface area contributed by atoms with E-state index >= 15 is 0 Å². The number of nitrogens with zero attached hydrogens (tertiary/aromatic N) is 1. The first-order valence-corrected chi connectivity index (χ1v) is 6.59. The zero-order valence-electron chi connectivity index (χ0n) is 18.8. The molecule has 21 heavy (non-hydrogen) atoms. The predicted octanol–water partition coefficient (Wildman–Crippen LogP) is 1.92. The number of likely N-dealkylation sites (N-methyl/N-ethyl adjacent to an activating group) is 1. The number of fused-ring (bicyclic) bond motifs is 1. The first-order valence-electron chi connectivity index (χ1n) is 10.1. The number of aromatic amines is 1. The second-order valence-electron chi connectivity index (χ2n) is 4.98. The van der Waals surface area contributed by atoms with E-state index in [1.807, 2.05) is 0 Å². The smallest absolute Gasteiger partial charge is 0.407 e. The predicted molar refractivity (Wildman–Crippen MR) is 82.5 cm³/mol. The number of aryl methyl sites for hydroxylation is 1. The SMILES string of the molecule is [2H]c1c(C([2H])([2H])[C@H]2COC(=O)N2)c([2H])c2c(CC([2H])([2H])N(C)C)c[nH]c2c1[2H]. The third-order valence-corrected chi connectivity index (χ3v) is 3.10. The fraction of sp³-hybridized carbons (Fsp3) is 0.438. The van der Waals surface area contributed by atoms with Crippen molar-refractivity contribution < 1.29 is 19.1 Å². The van der Waals surface area contributed by atoms with E-state index in [2.05, 4.69) is 10.3 Å². The Morgan fingerprint density at radius 1 is 1.52 bits per heavy atom. The van der Waals surface area contributed by atoms with Gasteiger partial charge < -0.3 is 19.9 Å². The van der Waals surface area contributed by atoms with Crippen LogP contribution in [0, 0.1) is 0 Å². The number of ether oxygens (including phenoxy) is 1. The topological polar surface area (TPSA) is 57.4 Å². The van der Waals surface area contributed by atoms with Crippen LogP contribution < -0.4 is 5.32 Å². The molecule has 0 spiro atoms. The fourth-order valence-electron chi connectivity index (χ4n) is 2.08. The van der Waals surface area contributed by atoms with Gasteiger partial charge in [-0.25, -0.2) is 4.79 Å². The molecule has 1 aliphatic rings. The largest absolute Gasteiger partial charge is 0.447 e. The van der Waals surface area contributed by atoms with E-state index in [-0.39, 0.29) is 41.6 Å². The Hall–Kier alpha value is -2.01. The van der Waals surface area contributed by atoms with Gasteiger partial charge in [-0.2, -0.15) is 0 Å². The quantitative estimate of drug-likeness (QED) is 0.886. The second-order valence-corrected chi connectivity index (χ2v) is 4.98. The van der Waals surface area contributed by atoms with Gasteiger partial charge in [0.05, 0.1) is 10.2 Å². The summed E-state index contributed by atoms with van der Waals surface area (Å²) >= 11 is 0. The summed E-state index contributed by atoms with van der Waals surface area (Å²) in [5.74, 6) is 0. The Labute approximate surface area is 134 Å². The highest BCUT2D eigenvalue weighted by atomic mass is 16.6. The van der Waals surface area contributed by atoms with Crippen molar-refractivity contribution in [3.63, 3.8) is 0 Å². The zero-order valence-corrected chi connectivity index (χ0v) is 11.8. The van der Waals surface area contributed by atoms with E-state index < -0.39 is 31.0 Å². The molecule has 2 aromatic rings. The lowest BCUT2D eigenvalue weighted by atomic mass is 10.0. The van der Waals surface area contributed by atoms with Gasteiger partial charge in [-0.3, -0.25) is 0 Å². The summed E-state index contributed by atoms with van der Waals surface area (Å²) in [6, 6.07) is -2.13. The van der Waals surface area contributed by atoms with Crippen LogP contribution >= 0.6 is 0 Å². The fourth-order valence-corrected chi connectivity index (χ4v) is 2.08. The molecule has 2 heterocycles. The number of carbonyl (C=O) groups is 1. The molecule has 5 heteroatoms. The monoisotopic (exact) mass is 294 g/mol. The van der Waals surface area contributed by atoms with Crippen molar-refractivity contribution in [2.75, 3.05) is 27.2 Å². The van der Waals surface area contributed by atoms with Crippen LogP contribution in [0.1, 0.15) is 20.7 Å². The van der Waals surface area contributed by atoms with Gasteiger partial charge in [0.15, 0.2) is 0 Å². The Kier molecular flexibility index (Phi) is 2.16. The van der Waals surface area contributed by atoms with Crippen LogP contribution in [0.15, 0.2) is 24.3 Å². The lowest BCUT2D eigenvalue weighted by Crippen LogP contribution is -2.28. The van der Waals surface area contributed by atoms with E-state index in [0.29, 0.717) is 5.56 Å². The van der Waals surface area contributed by atoms with Gasteiger partial charge in [0.25, 0.3) is 0 Å². The van der Waals surface area contributed by atoms with E-state index in [0.717, 1.165) is 0 Å². The number of aromatic nitrogens is 1. The van der Waals surface area contributed by atoms with Crippen LogP contribution in [0.3, 0.4) is 0 Å². The molecule has 1 saturated heterocycles. The number of rotatable bonds is 5. The molecule has 1 amide bonds. The van der Waals surface area contributed by atoms with Crippen molar-refractivity contribution in [2.24, 2.45) is 0 Å². The summed E-state index contributed by atoms with van der Waals surface area (Å²) in [5, 5.41) is 2.54. The molecule has 1 aromatic carbocycles. The van der Waals surface area contributed by atoms with Gasteiger partial charge >= 0.3 is 6.09 Å². The lowest BCUT2D eigenvalue weighted by molar-refractivity contribution is 0.177. The number of cyclic esters (lactones) is 1. The van der Waals surface area contributed by atoms with Gasteiger partial charge in [0, 0.05) is 29.1 Å². The molecular weight excluding hydrogens is 266 g/mol. The maximum atomic E-state index is 11.3. The van der Waals surface area contributed by atoms with E-state index in [9.17, 15) is 4.79 Å². The highest BCUT2D eigenvalue weighted by molar-refractivity contribution is 5.84. The molecule has 1 aromatic heterocycles. The van der Waals surface area contributed by atoms with Crippen molar-refractivity contribution in [3.8, 4) is 0 Å². The molecule has 0 radical (unpaired) electrons. The van der Waals surface area contributed by atoms with Crippen LogP contribution in [-0.4, -0.2) is 49.2 Å². The van der Waals surface area contributed by atoms with Crippen molar-refractivity contribution >= 4 is 17.0 Å². The van der Waals surface area contributed by atoms with Gasteiger partial charge in [-0.05, 0) is 50.1 Å². The molecular formula is C16H21N3O2. The van der Waals surface area contributed by atoms with E-state index in [1.54, 1.807) is 14.1 Å². The third kappa shape index (κ3) is 3.19. The summed E-state index contributed by atoms with van der Waals surface area (Å²) in [4.78, 5) is 15.5. The summed E-state index contributed by atoms with van der Waals surface area (Å²) < 4.78 is 62.9. The molecule has 1 atom stereocenters. The number of nitrogens with one attached hydrogen (secondary N) is 2. The molecule has 1 fully saturated rings. The number of carbonyl (C=O) groups excluding carboxylic acids is 1. The number of amides is 1. The highest BCUT2D eigenvalue weighted by Gasteiger charge is 2.22. The molecule has 0 bridgehead atoms. The first kappa shape index (κ1) is 7.84. The summed E-state index contributed by atoms with van der Waals surface area (Å²) in [6.07, 6.45) is -1.70.